The van der Waals surface area contributed by atoms with E-state index in [4.69, 9.17) is 10.3 Å². The molecule has 0 aliphatic rings. The van der Waals surface area contributed by atoms with Crippen LogP contribution in [0.15, 0.2) is 16.8 Å². The topological polar surface area (TPSA) is 90.7 Å². The fourth-order valence-electron chi connectivity index (χ4n) is 1.51. The standard InChI is InChI=1S/C11H15N5O/c1-3-4-8(12)11-15-10(16-17-11)9-5-6-13-7(2)14-9/h5-6,8H,3-4,12H2,1-2H3. The zero-order valence-corrected chi connectivity index (χ0v) is 9.92. The van der Waals surface area contributed by atoms with E-state index in [1.807, 2.05) is 6.92 Å². The molecule has 1 unspecified atom stereocenters. The predicted octanol–water partition coefficient (Wildman–Crippen LogP) is 1.63. The minimum Gasteiger partial charge on any atom is -0.337 e. The Labute approximate surface area is 99.3 Å². The van der Waals surface area contributed by atoms with Gasteiger partial charge in [-0.05, 0) is 19.4 Å². The van der Waals surface area contributed by atoms with Crippen LogP contribution in [-0.2, 0) is 0 Å². The van der Waals surface area contributed by atoms with Gasteiger partial charge in [0.2, 0.25) is 11.7 Å². The molecule has 0 bridgehead atoms. The largest absolute Gasteiger partial charge is 0.337 e. The van der Waals surface area contributed by atoms with E-state index < -0.39 is 0 Å². The van der Waals surface area contributed by atoms with Gasteiger partial charge in [0.15, 0.2) is 0 Å². The van der Waals surface area contributed by atoms with E-state index in [9.17, 15) is 0 Å². The highest BCUT2D eigenvalue weighted by Gasteiger charge is 2.15. The lowest BCUT2D eigenvalue weighted by molar-refractivity contribution is 0.348. The van der Waals surface area contributed by atoms with Crippen molar-refractivity contribution in [2.75, 3.05) is 0 Å². The number of hydrogen-bond acceptors (Lipinski definition) is 6. The van der Waals surface area contributed by atoms with Crippen molar-refractivity contribution < 1.29 is 4.52 Å². The van der Waals surface area contributed by atoms with Gasteiger partial charge in [0.25, 0.3) is 0 Å². The van der Waals surface area contributed by atoms with Crippen molar-refractivity contribution in [1.29, 1.82) is 0 Å². The Hall–Kier alpha value is -1.82. The molecule has 2 rings (SSSR count). The van der Waals surface area contributed by atoms with Crippen LogP contribution in [0.3, 0.4) is 0 Å². The zero-order valence-electron chi connectivity index (χ0n) is 9.92. The lowest BCUT2D eigenvalue weighted by atomic mass is 10.2. The monoisotopic (exact) mass is 233 g/mol. The van der Waals surface area contributed by atoms with Crippen LogP contribution in [0, 0.1) is 6.92 Å². The molecule has 0 saturated carbocycles. The number of aromatic nitrogens is 4. The SMILES string of the molecule is CCCC(N)c1nc(-c2ccnc(C)n2)no1. The smallest absolute Gasteiger partial charge is 0.243 e. The summed E-state index contributed by atoms with van der Waals surface area (Å²) in [5, 5.41) is 3.87. The molecular weight excluding hydrogens is 218 g/mol. The van der Waals surface area contributed by atoms with Gasteiger partial charge in [-0.25, -0.2) is 9.97 Å². The van der Waals surface area contributed by atoms with E-state index in [1.165, 1.54) is 0 Å². The maximum atomic E-state index is 5.90. The fourth-order valence-corrected chi connectivity index (χ4v) is 1.51. The molecule has 6 heteroatoms. The molecule has 2 aromatic heterocycles. The molecule has 0 spiro atoms. The lowest BCUT2D eigenvalue weighted by Crippen LogP contribution is -2.09. The molecule has 1 atom stereocenters. The van der Waals surface area contributed by atoms with Crippen molar-refractivity contribution in [3.8, 4) is 11.5 Å². The summed E-state index contributed by atoms with van der Waals surface area (Å²) in [6, 6.07) is 1.54. The molecule has 0 aromatic carbocycles. The molecule has 0 saturated heterocycles. The number of rotatable bonds is 4. The molecule has 90 valence electrons. The summed E-state index contributed by atoms with van der Waals surface area (Å²) in [7, 11) is 0. The quantitative estimate of drug-likeness (QED) is 0.863. The summed E-state index contributed by atoms with van der Waals surface area (Å²) in [5.41, 5.74) is 6.55. The molecule has 0 aliphatic carbocycles. The lowest BCUT2D eigenvalue weighted by Gasteiger charge is -2.02. The van der Waals surface area contributed by atoms with E-state index in [0.717, 1.165) is 12.8 Å². The van der Waals surface area contributed by atoms with Crippen molar-refractivity contribution in [2.45, 2.75) is 32.7 Å². The maximum Gasteiger partial charge on any atom is 0.243 e. The fraction of sp³-hybridized carbons (Fsp3) is 0.455. The Morgan fingerprint density at radius 3 is 2.94 bits per heavy atom. The molecule has 0 fully saturated rings. The summed E-state index contributed by atoms with van der Waals surface area (Å²) in [4.78, 5) is 12.5. The predicted molar refractivity (Wildman–Crippen MR) is 61.9 cm³/mol. The van der Waals surface area contributed by atoms with E-state index in [2.05, 4.69) is 27.0 Å². The third-order valence-corrected chi connectivity index (χ3v) is 2.36. The van der Waals surface area contributed by atoms with Crippen molar-refractivity contribution in [3.05, 3.63) is 24.0 Å². The van der Waals surface area contributed by atoms with Gasteiger partial charge in [-0.2, -0.15) is 4.98 Å². The van der Waals surface area contributed by atoms with Crippen LogP contribution in [0.2, 0.25) is 0 Å². The van der Waals surface area contributed by atoms with Gasteiger partial charge in [0.1, 0.15) is 11.5 Å². The molecule has 2 N–H and O–H groups in total. The second-order valence-electron chi connectivity index (χ2n) is 3.84. The highest BCUT2D eigenvalue weighted by Crippen LogP contribution is 2.18. The van der Waals surface area contributed by atoms with E-state index in [1.54, 1.807) is 12.3 Å². The summed E-state index contributed by atoms with van der Waals surface area (Å²) in [6.07, 6.45) is 3.47. The van der Waals surface area contributed by atoms with Crippen molar-refractivity contribution >= 4 is 0 Å². The Balaban J connectivity index is 2.23. The number of hydrogen-bond donors (Lipinski definition) is 1. The van der Waals surface area contributed by atoms with Crippen LogP contribution in [0.25, 0.3) is 11.5 Å². The van der Waals surface area contributed by atoms with Gasteiger partial charge < -0.3 is 10.3 Å². The average Bonchev–Trinajstić information content (AvgIpc) is 2.78. The first-order chi connectivity index (χ1) is 8.20. The second-order valence-corrected chi connectivity index (χ2v) is 3.84. The third kappa shape index (κ3) is 2.65. The van der Waals surface area contributed by atoms with E-state index in [0.29, 0.717) is 23.2 Å². The molecule has 0 aliphatic heterocycles. The first-order valence-electron chi connectivity index (χ1n) is 5.60. The minimum absolute atomic E-state index is 0.204. The molecule has 0 amide bonds. The van der Waals surface area contributed by atoms with Gasteiger partial charge in [0, 0.05) is 6.20 Å². The normalized spacial score (nSPS) is 12.6. The number of aryl methyl sites for hydroxylation is 1. The third-order valence-electron chi connectivity index (χ3n) is 2.36. The van der Waals surface area contributed by atoms with Crippen LogP contribution in [-0.4, -0.2) is 20.1 Å². The van der Waals surface area contributed by atoms with Gasteiger partial charge in [0.05, 0.1) is 6.04 Å². The Morgan fingerprint density at radius 1 is 1.41 bits per heavy atom. The average molecular weight is 233 g/mol. The molecule has 6 nitrogen and oxygen atoms in total. The second kappa shape index (κ2) is 5.01. The van der Waals surface area contributed by atoms with Gasteiger partial charge >= 0.3 is 0 Å². The number of nitrogens with two attached hydrogens (primary N) is 1. The molecule has 2 heterocycles. The summed E-state index contributed by atoms with van der Waals surface area (Å²) >= 11 is 0. The van der Waals surface area contributed by atoms with Crippen LogP contribution in [0.4, 0.5) is 0 Å². The number of nitrogens with zero attached hydrogens (tertiary/aromatic N) is 4. The molecule has 0 radical (unpaired) electrons. The Morgan fingerprint density at radius 2 is 2.24 bits per heavy atom. The van der Waals surface area contributed by atoms with Gasteiger partial charge in [-0.1, -0.05) is 18.5 Å². The molecular formula is C11H15N5O. The summed E-state index contributed by atoms with van der Waals surface area (Å²) in [6.45, 7) is 3.87. The van der Waals surface area contributed by atoms with Crippen LogP contribution < -0.4 is 5.73 Å². The minimum atomic E-state index is -0.204. The van der Waals surface area contributed by atoms with Crippen molar-refractivity contribution in [1.82, 2.24) is 20.1 Å². The highest BCUT2D eigenvalue weighted by molar-refractivity contribution is 5.46. The van der Waals surface area contributed by atoms with Crippen LogP contribution in [0.1, 0.15) is 37.5 Å². The molecule has 2 aromatic rings. The van der Waals surface area contributed by atoms with Crippen LogP contribution in [0.5, 0.6) is 0 Å². The Kier molecular flexibility index (Phi) is 3.43. The first-order valence-corrected chi connectivity index (χ1v) is 5.60. The Bertz CT molecular complexity index is 496. The van der Waals surface area contributed by atoms with Crippen molar-refractivity contribution in [2.24, 2.45) is 5.73 Å². The highest BCUT2D eigenvalue weighted by atomic mass is 16.5. The first kappa shape index (κ1) is 11.7. The maximum absolute atomic E-state index is 5.90. The van der Waals surface area contributed by atoms with Crippen molar-refractivity contribution in [3.63, 3.8) is 0 Å². The zero-order chi connectivity index (χ0) is 12.3. The van der Waals surface area contributed by atoms with Gasteiger partial charge in [-0.15, -0.1) is 0 Å². The van der Waals surface area contributed by atoms with Crippen LogP contribution >= 0.6 is 0 Å². The van der Waals surface area contributed by atoms with E-state index in [-0.39, 0.29) is 6.04 Å². The van der Waals surface area contributed by atoms with Gasteiger partial charge in [-0.3, -0.25) is 0 Å². The molecule has 17 heavy (non-hydrogen) atoms. The summed E-state index contributed by atoms with van der Waals surface area (Å²) in [5.74, 6) is 1.59. The summed E-state index contributed by atoms with van der Waals surface area (Å²) < 4.78 is 5.13. The van der Waals surface area contributed by atoms with E-state index >= 15 is 0 Å².